The summed E-state index contributed by atoms with van der Waals surface area (Å²) in [6.07, 6.45) is 0.868. The third-order valence-electron chi connectivity index (χ3n) is 2.51. The molecule has 104 valence electrons. The van der Waals surface area contributed by atoms with Crippen LogP contribution in [0.5, 0.6) is 0 Å². The van der Waals surface area contributed by atoms with E-state index in [1.54, 1.807) is 7.11 Å². The lowest BCUT2D eigenvalue weighted by atomic mass is 10.3. The summed E-state index contributed by atoms with van der Waals surface area (Å²) in [7, 11) is 1.66. The first-order valence-electron chi connectivity index (χ1n) is 6.20. The molecule has 1 aromatic heterocycles. The van der Waals surface area contributed by atoms with Gasteiger partial charge in [0.1, 0.15) is 18.1 Å². The van der Waals surface area contributed by atoms with Crippen LogP contribution in [0.3, 0.4) is 0 Å². The fourth-order valence-corrected chi connectivity index (χ4v) is 1.54. The molecule has 0 saturated heterocycles. The Kier molecular flexibility index (Phi) is 7.68. The Labute approximate surface area is 108 Å². The fraction of sp³-hybridized carbons (Fsp3) is 0.692. The van der Waals surface area contributed by atoms with Crippen molar-refractivity contribution in [2.45, 2.75) is 26.5 Å². The highest BCUT2D eigenvalue weighted by Gasteiger charge is 2.05. The molecule has 0 radical (unpaired) electrons. The Morgan fingerprint density at radius 3 is 2.61 bits per heavy atom. The van der Waals surface area contributed by atoms with Gasteiger partial charge in [-0.2, -0.15) is 0 Å². The van der Waals surface area contributed by atoms with Crippen molar-refractivity contribution in [3.05, 3.63) is 23.2 Å². The molecule has 2 N–H and O–H groups in total. The van der Waals surface area contributed by atoms with Crippen LogP contribution < -0.4 is 5.73 Å². The molecule has 0 aliphatic rings. The van der Waals surface area contributed by atoms with Gasteiger partial charge in [-0.25, -0.2) is 0 Å². The quantitative estimate of drug-likeness (QED) is 0.645. The summed E-state index contributed by atoms with van der Waals surface area (Å²) < 4.78 is 21.2. The van der Waals surface area contributed by atoms with E-state index in [-0.39, 0.29) is 0 Å². The molecule has 0 aliphatic carbocycles. The molecular formula is C13H23NO4. The van der Waals surface area contributed by atoms with Crippen molar-refractivity contribution in [3.8, 4) is 0 Å². The number of hydrogen-bond acceptors (Lipinski definition) is 5. The van der Waals surface area contributed by atoms with Crippen molar-refractivity contribution in [2.24, 2.45) is 5.73 Å². The first-order chi connectivity index (χ1) is 8.77. The number of methoxy groups -OCH3 is 1. The van der Waals surface area contributed by atoms with Crippen molar-refractivity contribution in [2.75, 3.05) is 33.5 Å². The van der Waals surface area contributed by atoms with Crippen LogP contribution in [0.15, 0.2) is 10.5 Å². The van der Waals surface area contributed by atoms with Gasteiger partial charge in [-0.05, 0) is 25.0 Å². The molecule has 1 heterocycles. The van der Waals surface area contributed by atoms with Crippen LogP contribution in [0.25, 0.3) is 0 Å². The van der Waals surface area contributed by atoms with Crippen LogP contribution in [0.1, 0.15) is 23.5 Å². The van der Waals surface area contributed by atoms with Crippen LogP contribution in [0, 0.1) is 6.92 Å². The van der Waals surface area contributed by atoms with Gasteiger partial charge in [0, 0.05) is 20.3 Å². The maximum atomic E-state index is 5.54. The SMILES string of the molecule is COCCOCCCOCc1cc(C)c(CN)o1. The number of hydrogen-bond donors (Lipinski definition) is 1. The predicted molar refractivity (Wildman–Crippen MR) is 68.3 cm³/mol. The molecule has 5 heteroatoms. The van der Waals surface area contributed by atoms with Gasteiger partial charge in [0.2, 0.25) is 0 Å². The lowest BCUT2D eigenvalue weighted by Gasteiger charge is -2.04. The molecule has 0 bridgehead atoms. The fourth-order valence-electron chi connectivity index (χ4n) is 1.54. The topological polar surface area (TPSA) is 66.8 Å². The average molecular weight is 257 g/mol. The molecule has 5 nitrogen and oxygen atoms in total. The predicted octanol–water partition coefficient (Wildman–Crippen LogP) is 1.62. The van der Waals surface area contributed by atoms with Gasteiger partial charge in [-0.1, -0.05) is 0 Å². The van der Waals surface area contributed by atoms with Gasteiger partial charge < -0.3 is 24.4 Å². The third-order valence-corrected chi connectivity index (χ3v) is 2.51. The minimum Gasteiger partial charge on any atom is -0.462 e. The molecule has 18 heavy (non-hydrogen) atoms. The minimum atomic E-state index is 0.430. The van der Waals surface area contributed by atoms with Gasteiger partial charge in [0.15, 0.2) is 0 Å². The van der Waals surface area contributed by atoms with Crippen LogP contribution in [-0.2, 0) is 27.4 Å². The first-order valence-corrected chi connectivity index (χ1v) is 6.20. The minimum absolute atomic E-state index is 0.430. The normalized spacial score (nSPS) is 11.1. The molecule has 1 rings (SSSR count). The monoisotopic (exact) mass is 257 g/mol. The third kappa shape index (κ3) is 5.64. The highest BCUT2D eigenvalue weighted by Crippen LogP contribution is 2.14. The lowest BCUT2D eigenvalue weighted by molar-refractivity contribution is 0.0451. The number of furan rings is 1. The smallest absolute Gasteiger partial charge is 0.130 e. The zero-order chi connectivity index (χ0) is 13.2. The molecule has 0 fully saturated rings. The van der Waals surface area contributed by atoms with Crippen molar-refractivity contribution in [1.82, 2.24) is 0 Å². The summed E-state index contributed by atoms with van der Waals surface area (Å²) in [5.41, 5.74) is 6.62. The summed E-state index contributed by atoms with van der Waals surface area (Å²) >= 11 is 0. The Morgan fingerprint density at radius 1 is 1.17 bits per heavy atom. The van der Waals surface area contributed by atoms with E-state index in [1.165, 1.54) is 0 Å². The Balaban J connectivity index is 2.03. The van der Waals surface area contributed by atoms with Gasteiger partial charge in [0.05, 0.1) is 19.8 Å². The molecule has 0 unspecified atom stereocenters. The Bertz CT molecular complexity index is 325. The zero-order valence-corrected chi connectivity index (χ0v) is 11.2. The maximum Gasteiger partial charge on any atom is 0.130 e. The van der Waals surface area contributed by atoms with E-state index in [4.69, 9.17) is 24.4 Å². The molecule has 0 saturated carbocycles. The molecule has 0 aliphatic heterocycles. The maximum absolute atomic E-state index is 5.54. The summed E-state index contributed by atoms with van der Waals surface area (Å²) in [6, 6.07) is 1.97. The highest BCUT2D eigenvalue weighted by atomic mass is 16.5. The van der Waals surface area contributed by atoms with E-state index < -0.39 is 0 Å². The number of aryl methyl sites for hydroxylation is 1. The average Bonchev–Trinajstić information content (AvgIpc) is 2.73. The standard InChI is InChI=1S/C13H23NO4/c1-11-8-12(18-13(11)9-14)10-17-5-3-4-16-7-6-15-2/h8H,3-7,9-10,14H2,1-2H3. The second kappa shape index (κ2) is 9.10. The van der Waals surface area contributed by atoms with E-state index in [0.717, 1.165) is 23.5 Å². The second-order valence-electron chi connectivity index (χ2n) is 4.03. The van der Waals surface area contributed by atoms with Crippen LogP contribution in [0.4, 0.5) is 0 Å². The summed E-state index contributed by atoms with van der Waals surface area (Å²) in [6.45, 7) is 5.51. The summed E-state index contributed by atoms with van der Waals surface area (Å²) in [4.78, 5) is 0. The van der Waals surface area contributed by atoms with Gasteiger partial charge in [-0.15, -0.1) is 0 Å². The number of ether oxygens (including phenoxy) is 3. The summed E-state index contributed by atoms with van der Waals surface area (Å²) in [5, 5.41) is 0. The van der Waals surface area contributed by atoms with Crippen LogP contribution in [-0.4, -0.2) is 33.5 Å². The van der Waals surface area contributed by atoms with Crippen LogP contribution >= 0.6 is 0 Å². The molecule has 0 spiro atoms. The molecule has 0 aromatic carbocycles. The molecule has 0 atom stereocenters. The number of nitrogens with two attached hydrogens (primary N) is 1. The van der Waals surface area contributed by atoms with Crippen molar-refractivity contribution in [3.63, 3.8) is 0 Å². The number of rotatable bonds is 10. The van der Waals surface area contributed by atoms with E-state index in [2.05, 4.69) is 0 Å². The van der Waals surface area contributed by atoms with Crippen molar-refractivity contribution < 1.29 is 18.6 Å². The van der Waals surface area contributed by atoms with E-state index in [0.29, 0.717) is 39.6 Å². The summed E-state index contributed by atoms with van der Waals surface area (Å²) in [5.74, 6) is 1.66. The Hall–Kier alpha value is -0.880. The largest absolute Gasteiger partial charge is 0.462 e. The zero-order valence-electron chi connectivity index (χ0n) is 11.2. The molecule has 1 aromatic rings. The van der Waals surface area contributed by atoms with E-state index >= 15 is 0 Å². The van der Waals surface area contributed by atoms with Gasteiger partial charge >= 0.3 is 0 Å². The molecule has 0 amide bonds. The van der Waals surface area contributed by atoms with E-state index in [1.807, 2.05) is 13.0 Å². The van der Waals surface area contributed by atoms with Gasteiger partial charge in [-0.3, -0.25) is 0 Å². The van der Waals surface area contributed by atoms with Crippen LogP contribution in [0.2, 0.25) is 0 Å². The van der Waals surface area contributed by atoms with Crippen molar-refractivity contribution in [1.29, 1.82) is 0 Å². The lowest BCUT2D eigenvalue weighted by Crippen LogP contribution is -2.05. The van der Waals surface area contributed by atoms with Gasteiger partial charge in [0.25, 0.3) is 0 Å². The van der Waals surface area contributed by atoms with E-state index in [9.17, 15) is 0 Å². The van der Waals surface area contributed by atoms with Crippen molar-refractivity contribution >= 4 is 0 Å². The Morgan fingerprint density at radius 2 is 1.94 bits per heavy atom. The molecular weight excluding hydrogens is 234 g/mol. The second-order valence-corrected chi connectivity index (χ2v) is 4.03. The highest BCUT2D eigenvalue weighted by molar-refractivity contribution is 5.19. The first kappa shape index (κ1) is 15.2.